The quantitative estimate of drug-likeness (QED) is 0.583. The Balaban J connectivity index is 1.73. The van der Waals surface area contributed by atoms with Crippen molar-refractivity contribution >= 4 is 35.4 Å². The van der Waals surface area contributed by atoms with E-state index in [9.17, 15) is 4.79 Å². The van der Waals surface area contributed by atoms with Crippen LogP contribution >= 0.6 is 0 Å². The highest BCUT2D eigenvalue weighted by Crippen LogP contribution is 2.41. The molecule has 2 aliphatic heterocycles. The molecule has 1 aromatic heterocycles. The minimum absolute atomic E-state index is 0.0791. The number of para-hydroxylation sites is 2. The average Bonchev–Trinajstić information content (AvgIpc) is 3.14. The van der Waals surface area contributed by atoms with Gasteiger partial charge in [0.05, 0.1) is 6.17 Å². The molecule has 2 aromatic rings. The summed E-state index contributed by atoms with van der Waals surface area (Å²) >= 11 is 0. The fourth-order valence-corrected chi connectivity index (χ4v) is 3.79. The molecule has 2 N–H and O–H groups in total. The van der Waals surface area contributed by atoms with Crippen molar-refractivity contribution in [2.75, 3.05) is 18.5 Å². The number of aliphatic imine (C=N–C) groups is 1. The molecule has 4 rings (SSSR count). The summed E-state index contributed by atoms with van der Waals surface area (Å²) < 4.78 is -0.0791. The Hall–Kier alpha value is -3.10. The van der Waals surface area contributed by atoms with Crippen LogP contribution in [0.3, 0.4) is 0 Å². The lowest BCUT2D eigenvalue weighted by Crippen LogP contribution is -2.56. The van der Waals surface area contributed by atoms with E-state index in [0.29, 0.717) is 11.8 Å². The van der Waals surface area contributed by atoms with Gasteiger partial charge in [0.2, 0.25) is 12.3 Å². The van der Waals surface area contributed by atoms with E-state index in [-0.39, 0.29) is 23.1 Å². The van der Waals surface area contributed by atoms with Gasteiger partial charge in [0.1, 0.15) is 5.69 Å². The second kappa shape index (κ2) is 8.10. The summed E-state index contributed by atoms with van der Waals surface area (Å²) in [7, 11) is 1.99. The molecule has 3 heterocycles. The zero-order valence-electron chi connectivity index (χ0n) is 16.6. The normalized spacial score (nSPS) is 22.7. The lowest BCUT2D eigenvalue weighted by Gasteiger charge is -2.33. The van der Waals surface area contributed by atoms with Gasteiger partial charge in [-0.1, -0.05) is 22.8 Å². The predicted octanol–water partition coefficient (Wildman–Crippen LogP) is 2.93. The molecular formula is C21H26N7O+. The molecule has 150 valence electrons. The molecule has 1 saturated heterocycles. The first-order valence-electron chi connectivity index (χ1n) is 9.89. The highest BCUT2D eigenvalue weighted by atomic mass is 16.2. The number of nitrogens with zero attached hydrogens (tertiary/aromatic N) is 5. The fraction of sp³-hybridized carbons (Fsp3) is 0.333. The van der Waals surface area contributed by atoms with Crippen molar-refractivity contribution in [2.45, 2.75) is 31.8 Å². The van der Waals surface area contributed by atoms with Crippen LogP contribution in [-0.4, -0.2) is 42.0 Å². The number of fused-ring (bicyclic) bond motifs is 1. The van der Waals surface area contributed by atoms with E-state index < -0.39 is 0 Å². The van der Waals surface area contributed by atoms with Gasteiger partial charge in [-0.05, 0) is 31.9 Å². The highest BCUT2D eigenvalue weighted by Gasteiger charge is 2.43. The van der Waals surface area contributed by atoms with Crippen molar-refractivity contribution in [3.63, 3.8) is 0 Å². The summed E-state index contributed by atoms with van der Waals surface area (Å²) in [6.07, 6.45) is 8.83. The van der Waals surface area contributed by atoms with Crippen molar-refractivity contribution in [3.8, 4) is 0 Å². The van der Waals surface area contributed by atoms with E-state index in [2.05, 4.69) is 32.2 Å². The molecule has 2 aliphatic rings. The van der Waals surface area contributed by atoms with Crippen molar-refractivity contribution in [1.29, 1.82) is 0 Å². The summed E-state index contributed by atoms with van der Waals surface area (Å²) in [4.78, 5) is 28.4. The van der Waals surface area contributed by atoms with Crippen LogP contribution in [0.2, 0.25) is 0 Å². The monoisotopic (exact) mass is 392 g/mol. The number of rotatable bonds is 6. The highest BCUT2D eigenvalue weighted by molar-refractivity contribution is 5.96. The van der Waals surface area contributed by atoms with E-state index in [1.165, 1.54) is 12.8 Å². The molecule has 0 bridgehead atoms. The first-order valence-corrected chi connectivity index (χ1v) is 9.89. The molecule has 2 atom stereocenters. The predicted molar refractivity (Wildman–Crippen MR) is 115 cm³/mol. The van der Waals surface area contributed by atoms with Gasteiger partial charge in [0.15, 0.2) is 5.69 Å². The summed E-state index contributed by atoms with van der Waals surface area (Å²) in [6.45, 7) is 4.66. The zero-order valence-corrected chi connectivity index (χ0v) is 16.6. The molecule has 0 spiro atoms. The van der Waals surface area contributed by atoms with Gasteiger partial charge in [0, 0.05) is 31.8 Å². The first-order chi connectivity index (χ1) is 14.1. The van der Waals surface area contributed by atoms with Gasteiger partial charge < -0.3 is 4.90 Å². The number of hydrogen-bond acceptors (Lipinski definition) is 6. The summed E-state index contributed by atoms with van der Waals surface area (Å²) in [5.74, 6) is 1.07. The topological polar surface area (TPSA) is 82.5 Å². The molecule has 8 nitrogen and oxygen atoms in total. The van der Waals surface area contributed by atoms with Gasteiger partial charge in [-0.2, -0.15) is 15.4 Å². The third-order valence-electron chi connectivity index (χ3n) is 5.32. The largest absolute Gasteiger partial charge is 0.328 e. The van der Waals surface area contributed by atoms with Gasteiger partial charge in [-0.15, -0.1) is 6.58 Å². The standard InChI is InChI=1S/C21H25N7O/c1-3-8-20(29)26-28(15-24-16-9-4-5-10-17(16)28)19-12-14-23-21(25-19)27(2)18-11-6-7-13-22-18/h3-5,9-10,12,14-15,18,22H,1,6-8,11,13H2,2H3/p+1. The van der Waals surface area contributed by atoms with Crippen LogP contribution < -0.4 is 20.2 Å². The Morgan fingerprint density at radius 2 is 2.24 bits per heavy atom. The average molecular weight is 392 g/mol. The third kappa shape index (κ3) is 3.64. The number of quaternary nitrogens is 1. The molecular weight excluding hydrogens is 366 g/mol. The van der Waals surface area contributed by atoms with Crippen LogP contribution in [0.25, 0.3) is 0 Å². The zero-order chi connectivity index (χ0) is 20.3. The fourth-order valence-electron chi connectivity index (χ4n) is 3.79. The number of anilines is 1. The molecule has 1 fully saturated rings. The van der Waals surface area contributed by atoms with Crippen molar-refractivity contribution < 1.29 is 4.79 Å². The van der Waals surface area contributed by atoms with Crippen LogP contribution in [-0.2, 0) is 4.79 Å². The van der Waals surface area contributed by atoms with E-state index in [1.807, 2.05) is 37.4 Å². The second-order valence-corrected chi connectivity index (χ2v) is 7.28. The number of piperidine rings is 1. The molecule has 2 unspecified atom stereocenters. The van der Waals surface area contributed by atoms with E-state index >= 15 is 0 Å². The summed E-state index contributed by atoms with van der Waals surface area (Å²) in [5.41, 5.74) is 4.71. The van der Waals surface area contributed by atoms with Crippen LogP contribution in [0.1, 0.15) is 25.7 Å². The molecule has 1 amide bonds. The minimum atomic E-state index is -0.161. The van der Waals surface area contributed by atoms with Crippen molar-refractivity contribution in [2.24, 2.45) is 4.99 Å². The van der Waals surface area contributed by atoms with E-state index in [4.69, 9.17) is 4.98 Å². The first kappa shape index (κ1) is 19.2. The van der Waals surface area contributed by atoms with Crippen LogP contribution in [0.15, 0.2) is 54.2 Å². The molecule has 0 radical (unpaired) electrons. The Morgan fingerprint density at radius 3 is 3.03 bits per heavy atom. The van der Waals surface area contributed by atoms with Gasteiger partial charge >= 0.3 is 0 Å². The molecule has 8 heteroatoms. The van der Waals surface area contributed by atoms with Gasteiger partial charge in [0.25, 0.3) is 11.7 Å². The molecule has 1 aromatic carbocycles. The number of carbonyl (C=O) groups excluding carboxylic acids is 1. The summed E-state index contributed by atoms with van der Waals surface area (Å²) in [5, 5.41) is 3.51. The minimum Gasteiger partial charge on any atom is -0.328 e. The number of hydrogen-bond donors (Lipinski definition) is 2. The maximum atomic E-state index is 12.5. The molecule has 29 heavy (non-hydrogen) atoms. The third-order valence-corrected chi connectivity index (χ3v) is 5.32. The maximum absolute atomic E-state index is 12.5. The number of aromatic nitrogens is 2. The number of carbonyl (C=O) groups is 1. The van der Waals surface area contributed by atoms with Gasteiger partial charge in [-0.25, -0.2) is 4.98 Å². The Kier molecular flexibility index (Phi) is 5.37. The van der Waals surface area contributed by atoms with E-state index in [0.717, 1.165) is 24.3 Å². The van der Waals surface area contributed by atoms with Crippen LogP contribution in [0.4, 0.5) is 23.1 Å². The molecule has 0 saturated carbocycles. The van der Waals surface area contributed by atoms with Gasteiger partial charge in [-0.3, -0.25) is 10.1 Å². The van der Waals surface area contributed by atoms with Crippen LogP contribution in [0.5, 0.6) is 0 Å². The SMILES string of the molecule is C=CCC(=O)N[N+]1(c2ccnc(N(C)C3CCCCN3)n2)C=Nc2ccccc21. The van der Waals surface area contributed by atoms with Crippen molar-refractivity contribution in [3.05, 3.63) is 49.2 Å². The maximum Gasteiger partial charge on any atom is 0.270 e. The smallest absolute Gasteiger partial charge is 0.270 e. The number of amides is 1. The Labute approximate surface area is 170 Å². The lowest BCUT2D eigenvalue weighted by atomic mass is 10.1. The Morgan fingerprint density at radius 1 is 1.38 bits per heavy atom. The van der Waals surface area contributed by atoms with Crippen molar-refractivity contribution in [1.82, 2.24) is 25.3 Å². The van der Waals surface area contributed by atoms with Crippen LogP contribution in [0, 0.1) is 0 Å². The van der Waals surface area contributed by atoms with E-state index in [1.54, 1.807) is 18.6 Å². The summed E-state index contributed by atoms with van der Waals surface area (Å²) in [6, 6.07) is 9.54. The lowest BCUT2D eigenvalue weighted by molar-refractivity contribution is -0.122. The second-order valence-electron chi connectivity index (χ2n) is 7.28. The number of benzene rings is 1. The Bertz CT molecular complexity index is 938. The molecule has 0 aliphatic carbocycles. The number of nitrogens with one attached hydrogen (secondary N) is 2.